The third-order valence-corrected chi connectivity index (χ3v) is 2.20. The molecule has 0 saturated carbocycles. The van der Waals surface area contributed by atoms with Crippen molar-refractivity contribution in [2.24, 2.45) is 0 Å². The second kappa shape index (κ2) is 5.81. The van der Waals surface area contributed by atoms with Crippen LogP contribution in [0.1, 0.15) is 17.3 Å². The van der Waals surface area contributed by atoms with E-state index < -0.39 is 18.1 Å². The molecule has 0 aliphatic heterocycles. The van der Waals surface area contributed by atoms with Crippen LogP contribution in [0.4, 0.5) is 18.9 Å². The molecule has 0 fully saturated rings. The summed E-state index contributed by atoms with van der Waals surface area (Å²) < 4.78 is 45.3. The fraction of sp³-hybridized carbons (Fsp3) is 0.417. The third kappa shape index (κ3) is 4.35. The van der Waals surface area contributed by atoms with E-state index >= 15 is 0 Å². The predicted octanol–water partition coefficient (Wildman–Crippen LogP) is 2.83. The van der Waals surface area contributed by atoms with Gasteiger partial charge in [-0.25, -0.2) is 4.79 Å². The number of benzene rings is 1. The van der Waals surface area contributed by atoms with Gasteiger partial charge in [0.2, 0.25) is 0 Å². The van der Waals surface area contributed by atoms with Crippen molar-refractivity contribution in [3.63, 3.8) is 0 Å². The van der Waals surface area contributed by atoms with Gasteiger partial charge in [0.1, 0.15) is 11.3 Å². The molecule has 0 amide bonds. The molecule has 7 heteroatoms. The highest BCUT2D eigenvalue weighted by atomic mass is 19.4. The molecule has 19 heavy (non-hydrogen) atoms. The van der Waals surface area contributed by atoms with E-state index in [2.05, 4.69) is 4.74 Å². The zero-order valence-electron chi connectivity index (χ0n) is 10.7. The molecule has 1 aromatic rings. The van der Waals surface area contributed by atoms with Crippen LogP contribution in [-0.4, -0.2) is 33.0 Å². The van der Waals surface area contributed by atoms with Gasteiger partial charge in [-0.1, -0.05) is 0 Å². The highest BCUT2D eigenvalue weighted by Gasteiger charge is 2.33. The fourth-order valence-electron chi connectivity index (χ4n) is 1.38. The van der Waals surface area contributed by atoms with Gasteiger partial charge in [-0.15, -0.1) is 13.2 Å². The van der Waals surface area contributed by atoms with Crippen molar-refractivity contribution < 1.29 is 27.4 Å². The van der Waals surface area contributed by atoms with Gasteiger partial charge < -0.3 is 14.4 Å². The summed E-state index contributed by atoms with van der Waals surface area (Å²) in [5.41, 5.74) is 0.308. The second-order valence-corrected chi connectivity index (χ2v) is 3.84. The SMILES string of the molecule is CCOC(=O)c1cc(N(C)C)ccc1OC(F)(F)F. The molecule has 4 nitrogen and oxygen atoms in total. The average molecular weight is 277 g/mol. The summed E-state index contributed by atoms with van der Waals surface area (Å²) in [7, 11) is 3.41. The van der Waals surface area contributed by atoms with Crippen LogP contribution in [0.2, 0.25) is 0 Å². The quantitative estimate of drug-likeness (QED) is 0.793. The van der Waals surface area contributed by atoms with Gasteiger partial charge in [-0.05, 0) is 25.1 Å². The first kappa shape index (κ1) is 15.1. The molecular formula is C12H14F3NO3. The predicted molar refractivity (Wildman–Crippen MR) is 63.4 cm³/mol. The lowest BCUT2D eigenvalue weighted by Crippen LogP contribution is -2.20. The lowest BCUT2D eigenvalue weighted by atomic mass is 10.1. The van der Waals surface area contributed by atoms with Crippen molar-refractivity contribution in [1.29, 1.82) is 0 Å². The normalized spacial score (nSPS) is 11.1. The average Bonchev–Trinajstić information content (AvgIpc) is 2.27. The molecular weight excluding hydrogens is 263 g/mol. The number of carbonyl (C=O) groups excluding carboxylic acids is 1. The molecule has 0 N–H and O–H groups in total. The number of nitrogens with zero attached hydrogens (tertiary/aromatic N) is 1. The zero-order chi connectivity index (χ0) is 14.6. The zero-order valence-corrected chi connectivity index (χ0v) is 10.7. The van der Waals surface area contributed by atoms with E-state index in [1.54, 1.807) is 25.9 Å². The van der Waals surface area contributed by atoms with Gasteiger partial charge in [-0.2, -0.15) is 0 Å². The Labute approximate surface area is 108 Å². The van der Waals surface area contributed by atoms with Crippen LogP contribution in [0.15, 0.2) is 18.2 Å². The summed E-state index contributed by atoms with van der Waals surface area (Å²) in [4.78, 5) is 13.3. The first-order valence-corrected chi connectivity index (χ1v) is 5.49. The third-order valence-electron chi connectivity index (χ3n) is 2.20. The van der Waals surface area contributed by atoms with Crippen LogP contribution in [0.5, 0.6) is 5.75 Å². The number of hydrogen-bond donors (Lipinski definition) is 0. The van der Waals surface area contributed by atoms with Crippen molar-refractivity contribution in [3.05, 3.63) is 23.8 Å². The molecule has 106 valence electrons. The molecule has 0 atom stereocenters. The summed E-state index contributed by atoms with van der Waals surface area (Å²) in [6.07, 6.45) is -4.86. The number of esters is 1. The van der Waals surface area contributed by atoms with E-state index in [9.17, 15) is 18.0 Å². The maximum atomic E-state index is 12.2. The fourth-order valence-corrected chi connectivity index (χ4v) is 1.38. The molecule has 0 spiro atoms. The molecule has 0 radical (unpaired) electrons. The lowest BCUT2D eigenvalue weighted by Gasteiger charge is -2.17. The van der Waals surface area contributed by atoms with Gasteiger partial charge in [0.15, 0.2) is 0 Å². The van der Waals surface area contributed by atoms with Crippen molar-refractivity contribution in [2.75, 3.05) is 25.6 Å². The van der Waals surface area contributed by atoms with E-state index in [1.165, 1.54) is 12.1 Å². The Morgan fingerprint density at radius 1 is 1.32 bits per heavy atom. The summed E-state index contributed by atoms with van der Waals surface area (Å²) in [6, 6.07) is 3.80. The van der Waals surface area contributed by atoms with E-state index in [1.807, 2.05) is 0 Å². The van der Waals surface area contributed by atoms with Crippen LogP contribution in [0, 0.1) is 0 Å². The first-order valence-electron chi connectivity index (χ1n) is 5.49. The molecule has 0 aliphatic rings. The van der Waals surface area contributed by atoms with Crippen LogP contribution in [0.3, 0.4) is 0 Å². The number of halogens is 3. The van der Waals surface area contributed by atoms with Crippen LogP contribution in [0.25, 0.3) is 0 Å². The number of rotatable bonds is 4. The second-order valence-electron chi connectivity index (χ2n) is 3.84. The molecule has 1 aromatic carbocycles. The van der Waals surface area contributed by atoms with Gasteiger partial charge in [0.05, 0.1) is 6.61 Å². The summed E-state index contributed by atoms with van der Waals surface area (Å²) in [6.45, 7) is 1.63. The Morgan fingerprint density at radius 2 is 1.95 bits per heavy atom. The Kier molecular flexibility index (Phi) is 4.63. The monoisotopic (exact) mass is 277 g/mol. The minimum Gasteiger partial charge on any atom is -0.462 e. The van der Waals surface area contributed by atoms with Gasteiger partial charge >= 0.3 is 12.3 Å². The van der Waals surface area contributed by atoms with Crippen molar-refractivity contribution in [1.82, 2.24) is 0 Å². The molecule has 0 unspecified atom stereocenters. The molecule has 0 bridgehead atoms. The summed E-state index contributed by atoms with van der Waals surface area (Å²) in [5, 5.41) is 0. The molecule has 0 aromatic heterocycles. The van der Waals surface area contributed by atoms with Gasteiger partial charge in [0, 0.05) is 19.8 Å². The highest BCUT2D eigenvalue weighted by Crippen LogP contribution is 2.30. The van der Waals surface area contributed by atoms with Crippen LogP contribution in [-0.2, 0) is 4.74 Å². The highest BCUT2D eigenvalue weighted by molar-refractivity contribution is 5.93. The molecule has 0 heterocycles. The van der Waals surface area contributed by atoms with Crippen LogP contribution >= 0.6 is 0 Å². The number of ether oxygens (including phenoxy) is 2. The van der Waals surface area contributed by atoms with Crippen molar-refractivity contribution >= 4 is 11.7 Å². The van der Waals surface area contributed by atoms with E-state index in [4.69, 9.17) is 4.74 Å². The van der Waals surface area contributed by atoms with Gasteiger partial charge in [0.25, 0.3) is 0 Å². The minimum absolute atomic E-state index is 0.0660. The Morgan fingerprint density at radius 3 is 2.42 bits per heavy atom. The summed E-state index contributed by atoms with van der Waals surface area (Å²) >= 11 is 0. The van der Waals surface area contributed by atoms with Crippen LogP contribution < -0.4 is 9.64 Å². The number of alkyl halides is 3. The minimum atomic E-state index is -4.86. The maximum Gasteiger partial charge on any atom is 0.573 e. The largest absolute Gasteiger partial charge is 0.573 e. The number of anilines is 1. The number of carbonyl (C=O) groups is 1. The smallest absolute Gasteiger partial charge is 0.462 e. The molecule has 0 saturated heterocycles. The van der Waals surface area contributed by atoms with Crippen molar-refractivity contribution in [2.45, 2.75) is 13.3 Å². The molecule has 0 aliphatic carbocycles. The van der Waals surface area contributed by atoms with Crippen molar-refractivity contribution in [3.8, 4) is 5.75 Å². The Hall–Kier alpha value is -1.92. The van der Waals surface area contributed by atoms with Gasteiger partial charge in [-0.3, -0.25) is 0 Å². The maximum absolute atomic E-state index is 12.2. The topological polar surface area (TPSA) is 38.8 Å². The summed E-state index contributed by atoms with van der Waals surface area (Å²) in [5.74, 6) is -1.43. The molecule has 1 rings (SSSR count). The lowest BCUT2D eigenvalue weighted by molar-refractivity contribution is -0.274. The van der Waals surface area contributed by atoms with E-state index in [0.29, 0.717) is 5.69 Å². The van der Waals surface area contributed by atoms with E-state index in [-0.39, 0.29) is 12.2 Å². The van der Waals surface area contributed by atoms with E-state index in [0.717, 1.165) is 6.07 Å². The Bertz CT molecular complexity index is 458. The number of hydrogen-bond acceptors (Lipinski definition) is 4. The first-order chi connectivity index (χ1) is 8.74. The standard InChI is InChI=1S/C12H14F3NO3/c1-4-18-11(17)9-7-8(16(2)3)5-6-10(9)19-12(13,14)15/h5-7H,4H2,1-3H3. The Balaban J connectivity index is 3.18.